The predicted molar refractivity (Wildman–Crippen MR) is 111 cm³/mol. The number of pyridine rings is 2. The van der Waals surface area contributed by atoms with Gasteiger partial charge in [0.1, 0.15) is 5.82 Å². The lowest BCUT2D eigenvalue weighted by atomic mass is 10.1. The summed E-state index contributed by atoms with van der Waals surface area (Å²) >= 11 is 0. The van der Waals surface area contributed by atoms with Gasteiger partial charge in [0.15, 0.2) is 0 Å². The van der Waals surface area contributed by atoms with Crippen molar-refractivity contribution in [3.05, 3.63) is 42.4 Å². The monoisotopic (exact) mass is 378 g/mol. The van der Waals surface area contributed by atoms with Gasteiger partial charge in [-0.15, -0.1) is 0 Å². The first-order valence-corrected chi connectivity index (χ1v) is 10.1. The van der Waals surface area contributed by atoms with E-state index in [1.54, 1.807) is 0 Å². The van der Waals surface area contributed by atoms with Gasteiger partial charge in [-0.1, -0.05) is 0 Å². The molecule has 5 rings (SSSR count). The number of morpholine rings is 1. The van der Waals surface area contributed by atoms with Gasteiger partial charge in [-0.05, 0) is 24.3 Å². The first-order chi connectivity index (χ1) is 13.9. The van der Waals surface area contributed by atoms with E-state index in [0.29, 0.717) is 0 Å². The van der Waals surface area contributed by atoms with E-state index in [1.807, 2.05) is 18.5 Å². The minimum Gasteiger partial charge on any atom is -0.379 e. The SMILES string of the molecule is c1cc2[nH]c(CN3CCOCC3)cc2c(-c2ccc(N3CCNCC3)nc2)n1. The number of H-pyrrole nitrogens is 1. The van der Waals surface area contributed by atoms with Crippen molar-refractivity contribution in [1.29, 1.82) is 0 Å². The van der Waals surface area contributed by atoms with Crippen LogP contribution in [0.25, 0.3) is 22.2 Å². The van der Waals surface area contributed by atoms with Crippen molar-refractivity contribution < 1.29 is 4.74 Å². The van der Waals surface area contributed by atoms with Crippen LogP contribution < -0.4 is 10.2 Å². The maximum Gasteiger partial charge on any atom is 0.128 e. The number of aromatic nitrogens is 3. The minimum absolute atomic E-state index is 0.818. The van der Waals surface area contributed by atoms with E-state index in [4.69, 9.17) is 9.72 Å². The molecule has 3 aromatic heterocycles. The van der Waals surface area contributed by atoms with E-state index in [2.05, 4.69) is 43.3 Å². The maximum atomic E-state index is 5.45. The molecule has 3 aromatic rings. The van der Waals surface area contributed by atoms with Crippen LogP contribution >= 0.6 is 0 Å². The van der Waals surface area contributed by atoms with Crippen molar-refractivity contribution >= 4 is 16.7 Å². The summed E-state index contributed by atoms with van der Waals surface area (Å²) in [5.74, 6) is 1.04. The predicted octanol–water partition coefficient (Wildman–Crippen LogP) is 1.87. The minimum atomic E-state index is 0.818. The van der Waals surface area contributed by atoms with Crippen molar-refractivity contribution in [2.24, 2.45) is 0 Å². The van der Waals surface area contributed by atoms with Crippen molar-refractivity contribution in [1.82, 2.24) is 25.2 Å². The number of anilines is 1. The zero-order valence-electron chi connectivity index (χ0n) is 16.0. The van der Waals surface area contributed by atoms with Crippen LogP contribution in [0.1, 0.15) is 5.69 Å². The summed E-state index contributed by atoms with van der Waals surface area (Å²) in [6.45, 7) is 8.55. The van der Waals surface area contributed by atoms with Gasteiger partial charge in [0.05, 0.1) is 18.9 Å². The van der Waals surface area contributed by atoms with Gasteiger partial charge in [0.2, 0.25) is 0 Å². The molecule has 2 aliphatic rings. The van der Waals surface area contributed by atoms with Gasteiger partial charge in [0, 0.05) is 80.4 Å². The molecular weight excluding hydrogens is 352 g/mol. The lowest BCUT2D eigenvalue weighted by molar-refractivity contribution is 0.0337. The topological polar surface area (TPSA) is 69.3 Å². The maximum absolute atomic E-state index is 5.45. The van der Waals surface area contributed by atoms with Gasteiger partial charge in [-0.25, -0.2) is 4.98 Å². The molecule has 2 saturated heterocycles. The zero-order valence-corrected chi connectivity index (χ0v) is 16.0. The third-order valence-corrected chi connectivity index (χ3v) is 5.56. The Morgan fingerprint density at radius 1 is 1.00 bits per heavy atom. The zero-order chi connectivity index (χ0) is 18.8. The van der Waals surface area contributed by atoms with Crippen LogP contribution in [0.3, 0.4) is 0 Å². The number of aromatic amines is 1. The molecule has 0 radical (unpaired) electrons. The summed E-state index contributed by atoms with van der Waals surface area (Å²) in [6.07, 6.45) is 3.82. The van der Waals surface area contributed by atoms with E-state index in [-0.39, 0.29) is 0 Å². The molecule has 0 unspecified atom stereocenters. The molecule has 0 aliphatic carbocycles. The molecule has 2 fully saturated rings. The van der Waals surface area contributed by atoms with Gasteiger partial charge in [0.25, 0.3) is 0 Å². The average Bonchev–Trinajstić information content (AvgIpc) is 3.18. The number of rotatable bonds is 4. The lowest BCUT2D eigenvalue weighted by Crippen LogP contribution is -2.43. The Kier molecular flexibility index (Phi) is 4.95. The van der Waals surface area contributed by atoms with E-state index >= 15 is 0 Å². The fraction of sp³-hybridized carbons (Fsp3) is 0.429. The largest absolute Gasteiger partial charge is 0.379 e. The van der Waals surface area contributed by atoms with E-state index in [0.717, 1.165) is 87.0 Å². The van der Waals surface area contributed by atoms with Crippen LogP contribution in [0.2, 0.25) is 0 Å². The van der Waals surface area contributed by atoms with Crippen molar-refractivity contribution in [2.75, 3.05) is 57.4 Å². The Labute approximate surface area is 164 Å². The highest BCUT2D eigenvalue weighted by Crippen LogP contribution is 2.28. The lowest BCUT2D eigenvalue weighted by Gasteiger charge is -2.28. The molecular formula is C21H26N6O. The first-order valence-electron chi connectivity index (χ1n) is 10.1. The summed E-state index contributed by atoms with van der Waals surface area (Å²) in [4.78, 5) is 17.7. The first kappa shape index (κ1) is 17.6. The molecule has 0 amide bonds. The number of piperazine rings is 1. The Bertz CT molecular complexity index is 926. The highest BCUT2D eigenvalue weighted by Gasteiger charge is 2.15. The second-order valence-electron chi connectivity index (χ2n) is 7.45. The van der Waals surface area contributed by atoms with Crippen molar-refractivity contribution in [3.8, 4) is 11.3 Å². The summed E-state index contributed by atoms with van der Waals surface area (Å²) in [5.41, 5.74) is 4.39. The van der Waals surface area contributed by atoms with Crippen LogP contribution in [0.15, 0.2) is 36.7 Å². The van der Waals surface area contributed by atoms with Gasteiger partial charge < -0.3 is 19.9 Å². The fourth-order valence-electron chi connectivity index (χ4n) is 4.03. The smallest absolute Gasteiger partial charge is 0.128 e. The molecule has 7 nitrogen and oxygen atoms in total. The number of ether oxygens (including phenoxy) is 1. The third-order valence-electron chi connectivity index (χ3n) is 5.56. The van der Waals surface area contributed by atoms with Crippen LogP contribution in [0, 0.1) is 0 Å². The number of nitrogens with one attached hydrogen (secondary N) is 2. The number of fused-ring (bicyclic) bond motifs is 1. The quantitative estimate of drug-likeness (QED) is 0.722. The molecule has 28 heavy (non-hydrogen) atoms. The molecule has 2 aliphatic heterocycles. The molecule has 2 N–H and O–H groups in total. The summed E-state index contributed by atoms with van der Waals surface area (Å²) in [5, 5.41) is 4.54. The Morgan fingerprint density at radius 2 is 1.86 bits per heavy atom. The highest BCUT2D eigenvalue weighted by molar-refractivity contribution is 5.93. The van der Waals surface area contributed by atoms with E-state index in [1.165, 1.54) is 5.69 Å². The Hall–Kier alpha value is -2.48. The average molecular weight is 378 g/mol. The number of hydrogen-bond acceptors (Lipinski definition) is 6. The molecule has 0 bridgehead atoms. The molecule has 5 heterocycles. The number of nitrogens with zero attached hydrogens (tertiary/aromatic N) is 4. The van der Waals surface area contributed by atoms with Crippen molar-refractivity contribution in [2.45, 2.75) is 6.54 Å². The van der Waals surface area contributed by atoms with E-state index < -0.39 is 0 Å². The standard InChI is InChI=1S/C21H26N6O/c1-2-20(27-7-5-22-6-8-27)24-14-16(1)21-18-13-17(25-19(18)3-4-23-21)15-26-9-11-28-12-10-26/h1-4,13-14,22,25H,5-12,15H2. The van der Waals surface area contributed by atoms with Crippen LogP contribution in [-0.2, 0) is 11.3 Å². The molecule has 0 saturated carbocycles. The Balaban J connectivity index is 1.40. The van der Waals surface area contributed by atoms with Gasteiger partial charge >= 0.3 is 0 Å². The van der Waals surface area contributed by atoms with Crippen LogP contribution in [-0.4, -0.2) is 72.3 Å². The molecule has 7 heteroatoms. The second-order valence-corrected chi connectivity index (χ2v) is 7.45. The van der Waals surface area contributed by atoms with Gasteiger partial charge in [-0.2, -0.15) is 0 Å². The Morgan fingerprint density at radius 3 is 2.64 bits per heavy atom. The summed E-state index contributed by atoms with van der Waals surface area (Å²) in [6, 6.07) is 8.53. The highest BCUT2D eigenvalue weighted by atomic mass is 16.5. The second kappa shape index (κ2) is 7.87. The summed E-state index contributed by atoms with van der Waals surface area (Å²) < 4.78 is 5.45. The normalized spacial score (nSPS) is 18.6. The molecule has 0 spiro atoms. The number of hydrogen-bond donors (Lipinski definition) is 2. The summed E-state index contributed by atoms with van der Waals surface area (Å²) in [7, 11) is 0. The van der Waals surface area contributed by atoms with Crippen LogP contribution in [0.4, 0.5) is 5.82 Å². The van der Waals surface area contributed by atoms with Crippen LogP contribution in [0.5, 0.6) is 0 Å². The fourth-order valence-corrected chi connectivity index (χ4v) is 4.03. The molecule has 0 atom stereocenters. The molecule has 0 aromatic carbocycles. The van der Waals surface area contributed by atoms with E-state index in [9.17, 15) is 0 Å². The van der Waals surface area contributed by atoms with Gasteiger partial charge in [-0.3, -0.25) is 9.88 Å². The third kappa shape index (κ3) is 3.61. The molecule has 146 valence electrons. The van der Waals surface area contributed by atoms with Crippen molar-refractivity contribution in [3.63, 3.8) is 0 Å².